The summed E-state index contributed by atoms with van der Waals surface area (Å²) in [4.78, 5) is 3.98. The van der Waals surface area contributed by atoms with Crippen LogP contribution in [0.1, 0.15) is 35.6 Å². The quantitative estimate of drug-likeness (QED) is 0.916. The monoisotopic (exact) mass is 255 g/mol. The third kappa shape index (κ3) is 2.76. The second-order valence-electron chi connectivity index (χ2n) is 4.91. The number of pyridine rings is 1. The third-order valence-electron chi connectivity index (χ3n) is 3.55. The molecule has 0 aliphatic heterocycles. The van der Waals surface area contributed by atoms with Crippen LogP contribution in [0.4, 0.5) is 0 Å². The van der Waals surface area contributed by atoms with Crippen molar-refractivity contribution in [1.29, 1.82) is 0 Å². The molecule has 1 N–H and O–H groups in total. The summed E-state index contributed by atoms with van der Waals surface area (Å²) in [7, 11) is 0. The van der Waals surface area contributed by atoms with Gasteiger partial charge in [-0.2, -0.15) is 0 Å². The first-order chi connectivity index (χ1) is 9.33. The minimum absolute atomic E-state index is 0.340. The average Bonchev–Trinajstić information content (AvgIpc) is 2.47. The van der Waals surface area contributed by atoms with E-state index in [1.807, 2.05) is 24.3 Å². The van der Waals surface area contributed by atoms with Crippen molar-refractivity contribution in [3.8, 4) is 5.75 Å². The lowest BCUT2D eigenvalue weighted by molar-refractivity contribution is 0.156. The lowest BCUT2D eigenvalue weighted by Gasteiger charge is -2.22. The first-order valence-corrected chi connectivity index (χ1v) is 6.65. The van der Waals surface area contributed by atoms with Crippen molar-refractivity contribution in [2.45, 2.75) is 32.0 Å². The fourth-order valence-electron chi connectivity index (χ4n) is 2.49. The second kappa shape index (κ2) is 5.41. The Hall–Kier alpha value is -1.87. The fourth-order valence-corrected chi connectivity index (χ4v) is 2.49. The van der Waals surface area contributed by atoms with Gasteiger partial charge in [-0.3, -0.25) is 4.98 Å². The van der Waals surface area contributed by atoms with Crippen molar-refractivity contribution in [3.05, 3.63) is 59.4 Å². The van der Waals surface area contributed by atoms with Gasteiger partial charge < -0.3 is 9.84 Å². The van der Waals surface area contributed by atoms with Crippen LogP contribution in [-0.2, 0) is 13.0 Å². The van der Waals surface area contributed by atoms with Crippen LogP contribution in [0.5, 0.6) is 5.75 Å². The molecule has 0 spiro atoms. The molecule has 2 aromatic rings. The van der Waals surface area contributed by atoms with Crippen molar-refractivity contribution < 1.29 is 9.84 Å². The molecule has 3 heteroatoms. The van der Waals surface area contributed by atoms with E-state index in [0.717, 1.165) is 36.1 Å². The highest BCUT2D eigenvalue weighted by Crippen LogP contribution is 2.32. The summed E-state index contributed by atoms with van der Waals surface area (Å²) < 4.78 is 5.77. The van der Waals surface area contributed by atoms with Crippen LogP contribution in [0, 0.1) is 0 Å². The zero-order valence-electron chi connectivity index (χ0n) is 10.7. The van der Waals surface area contributed by atoms with E-state index in [9.17, 15) is 5.11 Å². The number of aliphatic hydroxyl groups is 1. The lowest BCUT2D eigenvalue weighted by atomic mass is 9.89. The normalized spacial score (nSPS) is 17.8. The Bertz CT molecular complexity index is 554. The standard InChI is InChI=1S/C16H17NO2/c18-16-3-1-2-13-4-5-14(10-15(13)16)19-11-12-6-8-17-9-7-12/h4-10,16,18H,1-3,11H2. The Morgan fingerprint density at radius 3 is 2.89 bits per heavy atom. The Labute approximate surface area is 112 Å². The highest BCUT2D eigenvalue weighted by Gasteiger charge is 2.18. The van der Waals surface area contributed by atoms with Crippen molar-refractivity contribution in [2.24, 2.45) is 0 Å². The molecular weight excluding hydrogens is 238 g/mol. The first-order valence-electron chi connectivity index (χ1n) is 6.65. The number of nitrogens with zero attached hydrogens (tertiary/aromatic N) is 1. The minimum Gasteiger partial charge on any atom is -0.489 e. The summed E-state index contributed by atoms with van der Waals surface area (Å²) in [5, 5.41) is 10.0. The maximum absolute atomic E-state index is 10.0. The van der Waals surface area contributed by atoms with Crippen LogP contribution in [0.15, 0.2) is 42.7 Å². The number of rotatable bonds is 3. The molecule has 1 atom stereocenters. The van der Waals surface area contributed by atoms with Gasteiger partial charge in [0.05, 0.1) is 6.10 Å². The van der Waals surface area contributed by atoms with Gasteiger partial charge >= 0.3 is 0 Å². The van der Waals surface area contributed by atoms with Crippen LogP contribution in [-0.4, -0.2) is 10.1 Å². The number of aryl methyl sites for hydroxylation is 1. The molecule has 98 valence electrons. The van der Waals surface area contributed by atoms with Gasteiger partial charge in [0.25, 0.3) is 0 Å². The van der Waals surface area contributed by atoms with Crippen molar-refractivity contribution >= 4 is 0 Å². The van der Waals surface area contributed by atoms with Gasteiger partial charge in [-0.15, -0.1) is 0 Å². The molecule has 1 aliphatic carbocycles. The highest BCUT2D eigenvalue weighted by molar-refractivity contribution is 5.38. The van der Waals surface area contributed by atoms with E-state index in [-0.39, 0.29) is 6.10 Å². The van der Waals surface area contributed by atoms with Gasteiger partial charge in [-0.25, -0.2) is 0 Å². The lowest BCUT2D eigenvalue weighted by Crippen LogP contribution is -2.09. The van der Waals surface area contributed by atoms with Gasteiger partial charge in [0, 0.05) is 12.4 Å². The maximum Gasteiger partial charge on any atom is 0.120 e. The molecule has 3 rings (SSSR count). The SMILES string of the molecule is OC1CCCc2ccc(OCc3ccncc3)cc21. The number of aliphatic hydroxyl groups excluding tert-OH is 1. The fraction of sp³-hybridized carbons (Fsp3) is 0.312. The number of hydrogen-bond donors (Lipinski definition) is 1. The first kappa shape index (κ1) is 12.2. The van der Waals surface area contributed by atoms with Crippen molar-refractivity contribution in [2.75, 3.05) is 0 Å². The topological polar surface area (TPSA) is 42.4 Å². The molecule has 0 saturated carbocycles. The second-order valence-corrected chi connectivity index (χ2v) is 4.91. The molecule has 3 nitrogen and oxygen atoms in total. The molecule has 1 aliphatic rings. The maximum atomic E-state index is 10.0. The average molecular weight is 255 g/mol. The minimum atomic E-state index is -0.340. The van der Waals surface area contributed by atoms with Crippen molar-refractivity contribution in [3.63, 3.8) is 0 Å². The Morgan fingerprint density at radius 1 is 1.21 bits per heavy atom. The number of hydrogen-bond acceptors (Lipinski definition) is 3. The summed E-state index contributed by atoms with van der Waals surface area (Å²) in [5.41, 5.74) is 3.36. The molecule has 1 aromatic carbocycles. The summed E-state index contributed by atoms with van der Waals surface area (Å²) in [6, 6.07) is 9.90. The smallest absolute Gasteiger partial charge is 0.120 e. The zero-order chi connectivity index (χ0) is 13.1. The number of benzene rings is 1. The number of fused-ring (bicyclic) bond motifs is 1. The Morgan fingerprint density at radius 2 is 2.05 bits per heavy atom. The molecule has 0 radical (unpaired) electrons. The van der Waals surface area contributed by atoms with E-state index in [2.05, 4.69) is 11.1 Å². The molecule has 1 heterocycles. The van der Waals surface area contributed by atoms with Crippen LogP contribution in [0.3, 0.4) is 0 Å². The van der Waals surface area contributed by atoms with E-state index in [0.29, 0.717) is 6.61 Å². The van der Waals surface area contributed by atoms with E-state index in [4.69, 9.17) is 4.74 Å². The van der Waals surface area contributed by atoms with Gasteiger partial charge in [0.1, 0.15) is 12.4 Å². The van der Waals surface area contributed by atoms with Crippen LogP contribution >= 0.6 is 0 Å². The van der Waals surface area contributed by atoms with E-state index < -0.39 is 0 Å². The summed E-state index contributed by atoms with van der Waals surface area (Å²) in [6.45, 7) is 0.525. The molecule has 0 saturated heterocycles. The van der Waals surface area contributed by atoms with Gasteiger partial charge in [-0.05, 0) is 60.2 Å². The Kier molecular flexibility index (Phi) is 3.47. The van der Waals surface area contributed by atoms with E-state index in [1.165, 1.54) is 5.56 Å². The largest absolute Gasteiger partial charge is 0.489 e. The summed E-state index contributed by atoms with van der Waals surface area (Å²) >= 11 is 0. The highest BCUT2D eigenvalue weighted by atomic mass is 16.5. The molecule has 1 unspecified atom stereocenters. The van der Waals surface area contributed by atoms with Gasteiger partial charge in [0.15, 0.2) is 0 Å². The van der Waals surface area contributed by atoms with Crippen LogP contribution in [0.25, 0.3) is 0 Å². The van der Waals surface area contributed by atoms with Gasteiger partial charge in [0.2, 0.25) is 0 Å². The zero-order valence-corrected chi connectivity index (χ0v) is 10.7. The molecule has 0 bridgehead atoms. The van der Waals surface area contributed by atoms with Crippen molar-refractivity contribution in [1.82, 2.24) is 4.98 Å². The van der Waals surface area contributed by atoms with E-state index >= 15 is 0 Å². The molecule has 0 fully saturated rings. The van der Waals surface area contributed by atoms with Gasteiger partial charge in [-0.1, -0.05) is 6.07 Å². The Balaban J connectivity index is 1.74. The summed E-state index contributed by atoms with van der Waals surface area (Å²) in [6.07, 6.45) is 6.14. The molecule has 0 amide bonds. The third-order valence-corrected chi connectivity index (χ3v) is 3.55. The molecule has 19 heavy (non-hydrogen) atoms. The van der Waals surface area contributed by atoms with E-state index in [1.54, 1.807) is 12.4 Å². The number of aromatic nitrogens is 1. The number of ether oxygens (including phenoxy) is 1. The predicted octanol–water partition coefficient (Wildman–Crippen LogP) is 3.03. The van der Waals surface area contributed by atoms with Crippen LogP contribution in [0.2, 0.25) is 0 Å². The van der Waals surface area contributed by atoms with Crippen LogP contribution < -0.4 is 4.74 Å². The molecule has 1 aromatic heterocycles. The molecular formula is C16H17NO2. The predicted molar refractivity (Wildman–Crippen MR) is 72.9 cm³/mol. The summed E-state index contributed by atoms with van der Waals surface area (Å²) in [5.74, 6) is 0.816.